The third-order valence-corrected chi connectivity index (χ3v) is 6.10. The highest BCUT2D eigenvalue weighted by molar-refractivity contribution is 7.10. The molecule has 0 aliphatic carbocycles. The van der Waals surface area contributed by atoms with Crippen molar-refractivity contribution in [1.29, 1.82) is 0 Å². The SMILES string of the molecule is Cc1ccccc1OCCCCN1C(=O)COc2ccc(NC(=O)Cc3cccs3)cc21. The molecule has 0 saturated heterocycles. The van der Waals surface area contributed by atoms with E-state index in [0.29, 0.717) is 36.7 Å². The van der Waals surface area contributed by atoms with Gasteiger partial charge in [0.1, 0.15) is 11.5 Å². The maximum absolute atomic E-state index is 12.5. The van der Waals surface area contributed by atoms with Gasteiger partial charge in [-0.1, -0.05) is 24.3 Å². The van der Waals surface area contributed by atoms with E-state index in [2.05, 4.69) is 5.32 Å². The molecule has 3 aromatic rings. The van der Waals surface area contributed by atoms with Crippen LogP contribution in [0.3, 0.4) is 0 Å². The Labute approximate surface area is 191 Å². The molecule has 4 rings (SSSR count). The van der Waals surface area contributed by atoms with E-state index in [1.807, 2.05) is 54.8 Å². The van der Waals surface area contributed by atoms with Crippen molar-refractivity contribution < 1.29 is 19.1 Å². The molecular weight excluding hydrogens is 424 g/mol. The summed E-state index contributed by atoms with van der Waals surface area (Å²) < 4.78 is 11.4. The second kappa shape index (κ2) is 10.3. The van der Waals surface area contributed by atoms with E-state index in [1.54, 1.807) is 28.4 Å². The molecule has 2 amide bonds. The standard InChI is InChI=1S/C25H26N2O4S/c1-18-7-2-3-9-22(18)30-13-5-4-12-27-21-15-19(10-11-23(21)31-17-25(27)29)26-24(28)16-20-8-6-14-32-20/h2-3,6-11,14-15H,4-5,12-13,16-17H2,1H3,(H,26,28). The highest BCUT2D eigenvalue weighted by Crippen LogP contribution is 2.35. The number of rotatable bonds is 9. The maximum atomic E-state index is 12.5. The number of unbranched alkanes of at least 4 members (excludes halogenated alkanes) is 1. The van der Waals surface area contributed by atoms with Crippen molar-refractivity contribution in [3.05, 3.63) is 70.4 Å². The maximum Gasteiger partial charge on any atom is 0.265 e. The van der Waals surface area contributed by atoms with Crippen LogP contribution < -0.4 is 19.7 Å². The number of anilines is 2. The molecule has 2 heterocycles. The van der Waals surface area contributed by atoms with Gasteiger partial charge in [0.05, 0.1) is 18.7 Å². The lowest BCUT2D eigenvalue weighted by Crippen LogP contribution is -2.39. The van der Waals surface area contributed by atoms with Crippen molar-refractivity contribution in [2.45, 2.75) is 26.2 Å². The Morgan fingerprint density at radius 3 is 2.84 bits per heavy atom. The average Bonchev–Trinajstić information content (AvgIpc) is 3.29. The van der Waals surface area contributed by atoms with E-state index in [0.717, 1.165) is 29.0 Å². The van der Waals surface area contributed by atoms with Crippen molar-refractivity contribution in [3.63, 3.8) is 0 Å². The van der Waals surface area contributed by atoms with Crippen molar-refractivity contribution in [1.82, 2.24) is 0 Å². The molecule has 32 heavy (non-hydrogen) atoms. The number of ether oxygens (including phenoxy) is 2. The molecule has 0 saturated carbocycles. The summed E-state index contributed by atoms with van der Waals surface area (Å²) in [5.74, 6) is 1.37. The van der Waals surface area contributed by atoms with Gasteiger partial charge in [0.15, 0.2) is 6.61 Å². The Balaban J connectivity index is 1.34. The van der Waals surface area contributed by atoms with Crippen molar-refractivity contribution >= 4 is 34.5 Å². The smallest absolute Gasteiger partial charge is 0.265 e. The number of hydrogen-bond donors (Lipinski definition) is 1. The van der Waals surface area contributed by atoms with Crippen molar-refractivity contribution in [3.8, 4) is 11.5 Å². The third kappa shape index (κ3) is 5.48. The molecular formula is C25H26N2O4S. The summed E-state index contributed by atoms with van der Waals surface area (Å²) >= 11 is 1.55. The van der Waals surface area contributed by atoms with E-state index >= 15 is 0 Å². The minimum Gasteiger partial charge on any atom is -0.493 e. The van der Waals surface area contributed by atoms with Gasteiger partial charge in [0.25, 0.3) is 5.91 Å². The first-order valence-electron chi connectivity index (χ1n) is 10.7. The zero-order valence-corrected chi connectivity index (χ0v) is 18.8. The number of thiophene rings is 1. The number of carbonyl (C=O) groups excluding carboxylic acids is 2. The summed E-state index contributed by atoms with van der Waals surface area (Å²) in [6, 6.07) is 17.2. The normalized spacial score (nSPS) is 12.8. The molecule has 0 bridgehead atoms. The first-order chi connectivity index (χ1) is 15.6. The molecule has 1 aliphatic rings. The summed E-state index contributed by atoms with van der Waals surface area (Å²) in [5.41, 5.74) is 2.45. The fraction of sp³-hybridized carbons (Fsp3) is 0.280. The van der Waals surface area contributed by atoms with Gasteiger partial charge in [-0.3, -0.25) is 9.59 Å². The Morgan fingerprint density at radius 1 is 1.16 bits per heavy atom. The lowest BCUT2D eigenvalue weighted by molar-refractivity contribution is -0.121. The summed E-state index contributed by atoms with van der Waals surface area (Å²) in [6.45, 7) is 3.21. The van der Waals surface area contributed by atoms with Crippen LogP contribution in [0, 0.1) is 6.92 Å². The van der Waals surface area contributed by atoms with Gasteiger partial charge in [0.2, 0.25) is 5.91 Å². The van der Waals surface area contributed by atoms with Gasteiger partial charge in [-0.25, -0.2) is 0 Å². The number of amides is 2. The van der Waals surface area contributed by atoms with Crippen LogP contribution in [-0.2, 0) is 16.0 Å². The minimum absolute atomic E-state index is 0.0246. The summed E-state index contributed by atoms with van der Waals surface area (Å²) in [5, 5.41) is 4.87. The Morgan fingerprint density at radius 2 is 2.03 bits per heavy atom. The number of nitrogens with one attached hydrogen (secondary N) is 1. The number of para-hydroxylation sites is 1. The van der Waals surface area contributed by atoms with Crippen LogP contribution in [0.5, 0.6) is 11.5 Å². The molecule has 7 heteroatoms. The topological polar surface area (TPSA) is 67.9 Å². The molecule has 0 atom stereocenters. The number of fused-ring (bicyclic) bond motifs is 1. The van der Waals surface area contributed by atoms with Crippen LogP contribution in [-0.4, -0.2) is 31.6 Å². The molecule has 0 unspecified atom stereocenters. The summed E-state index contributed by atoms with van der Waals surface area (Å²) in [4.78, 5) is 27.6. The number of benzene rings is 2. The Hall–Kier alpha value is -3.32. The quantitative estimate of drug-likeness (QED) is 0.475. The predicted molar refractivity (Wildman–Crippen MR) is 127 cm³/mol. The molecule has 2 aromatic carbocycles. The van der Waals surface area contributed by atoms with Crippen LogP contribution >= 0.6 is 11.3 Å². The van der Waals surface area contributed by atoms with Crippen LogP contribution in [0.4, 0.5) is 11.4 Å². The largest absolute Gasteiger partial charge is 0.493 e. The number of aryl methyl sites for hydroxylation is 1. The molecule has 6 nitrogen and oxygen atoms in total. The molecule has 0 fully saturated rings. The molecule has 1 aromatic heterocycles. The van der Waals surface area contributed by atoms with E-state index in [1.165, 1.54) is 0 Å². The monoisotopic (exact) mass is 450 g/mol. The van der Waals surface area contributed by atoms with E-state index in [4.69, 9.17) is 9.47 Å². The highest BCUT2D eigenvalue weighted by Gasteiger charge is 2.25. The van der Waals surface area contributed by atoms with Crippen molar-refractivity contribution in [2.75, 3.05) is 30.0 Å². The minimum atomic E-state index is -0.0876. The summed E-state index contributed by atoms with van der Waals surface area (Å²) in [7, 11) is 0. The van der Waals surface area contributed by atoms with E-state index in [-0.39, 0.29) is 18.4 Å². The predicted octanol–water partition coefficient (Wildman–Crippen LogP) is 4.82. The van der Waals surface area contributed by atoms with Gasteiger partial charge in [-0.15, -0.1) is 11.3 Å². The van der Waals surface area contributed by atoms with Gasteiger partial charge >= 0.3 is 0 Å². The number of nitrogens with zero attached hydrogens (tertiary/aromatic N) is 1. The Kier molecular flexibility index (Phi) is 7.07. The molecule has 1 N–H and O–H groups in total. The van der Waals surface area contributed by atoms with Gasteiger partial charge < -0.3 is 19.7 Å². The number of carbonyl (C=O) groups is 2. The molecule has 0 spiro atoms. The zero-order chi connectivity index (χ0) is 22.3. The first kappa shape index (κ1) is 21.9. The average molecular weight is 451 g/mol. The van der Waals surface area contributed by atoms with E-state index < -0.39 is 0 Å². The van der Waals surface area contributed by atoms with E-state index in [9.17, 15) is 9.59 Å². The second-order valence-electron chi connectivity index (χ2n) is 7.64. The van der Waals surface area contributed by atoms with Crippen LogP contribution in [0.1, 0.15) is 23.3 Å². The van der Waals surface area contributed by atoms with Gasteiger partial charge in [-0.05, 0) is 61.0 Å². The second-order valence-corrected chi connectivity index (χ2v) is 8.67. The molecule has 0 radical (unpaired) electrons. The lowest BCUT2D eigenvalue weighted by atomic mass is 10.2. The summed E-state index contributed by atoms with van der Waals surface area (Å²) in [6.07, 6.45) is 1.95. The Bertz CT molecular complexity index is 1080. The van der Waals surface area contributed by atoms with Crippen LogP contribution in [0.2, 0.25) is 0 Å². The fourth-order valence-electron chi connectivity index (χ4n) is 3.57. The third-order valence-electron chi connectivity index (χ3n) is 5.23. The van der Waals surface area contributed by atoms with Gasteiger partial charge in [-0.2, -0.15) is 0 Å². The highest BCUT2D eigenvalue weighted by atomic mass is 32.1. The van der Waals surface area contributed by atoms with Gasteiger partial charge in [0, 0.05) is 17.1 Å². The van der Waals surface area contributed by atoms with Crippen molar-refractivity contribution in [2.24, 2.45) is 0 Å². The zero-order valence-electron chi connectivity index (χ0n) is 18.0. The van der Waals surface area contributed by atoms with Crippen LogP contribution in [0.25, 0.3) is 0 Å². The fourth-order valence-corrected chi connectivity index (χ4v) is 4.28. The number of hydrogen-bond acceptors (Lipinski definition) is 5. The lowest BCUT2D eigenvalue weighted by Gasteiger charge is -2.30. The molecule has 1 aliphatic heterocycles. The van der Waals surface area contributed by atoms with Crippen LogP contribution in [0.15, 0.2) is 60.0 Å². The first-order valence-corrected chi connectivity index (χ1v) is 11.6. The molecule has 166 valence electrons.